The third-order valence-electron chi connectivity index (χ3n) is 4.66. The highest BCUT2D eigenvalue weighted by Crippen LogP contribution is 2.27. The summed E-state index contributed by atoms with van der Waals surface area (Å²) >= 11 is 5.89. The summed E-state index contributed by atoms with van der Waals surface area (Å²) < 4.78 is 0. The second-order valence-corrected chi connectivity index (χ2v) is 7.14. The number of nitrogens with one attached hydrogen (secondary N) is 2. The van der Waals surface area contributed by atoms with Gasteiger partial charge in [-0.15, -0.1) is 0 Å². The molecule has 4 nitrogen and oxygen atoms in total. The molecule has 0 saturated carbocycles. The van der Waals surface area contributed by atoms with Crippen molar-refractivity contribution in [2.24, 2.45) is 0 Å². The molecule has 0 spiro atoms. The van der Waals surface area contributed by atoms with Crippen molar-refractivity contribution in [2.75, 3.05) is 13.1 Å². The molecule has 2 N–H and O–H groups in total. The van der Waals surface area contributed by atoms with E-state index in [4.69, 9.17) is 11.6 Å². The normalized spacial score (nSPS) is 10.6. The summed E-state index contributed by atoms with van der Waals surface area (Å²) in [5.41, 5.74) is 2.85. The van der Waals surface area contributed by atoms with Crippen LogP contribution in [0, 0.1) is 0 Å². The lowest BCUT2D eigenvalue weighted by atomic mass is 9.88. The molecule has 0 aliphatic heterocycles. The van der Waals surface area contributed by atoms with Gasteiger partial charge in [0.25, 0.3) is 5.91 Å². The van der Waals surface area contributed by atoms with Gasteiger partial charge in [-0.1, -0.05) is 78.3 Å². The Morgan fingerprint density at radius 1 is 0.793 bits per heavy atom. The van der Waals surface area contributed by atoms with E-state index < -0.39 is 0 Å². The highest BCUT2D eigenvalue weighted by molar-refractivity contribution is 6.30. The number of carbonyl (C=O) groups excluding carboxylic acids is 2. The van der Waals surface area contributed by atoms with Crippen molar-refractivity contribution in [3.63, 3.8) is 0 Å². The van der Waals surface area contributed by atoms with Gasteiger partial charge in [-0.05, 0) is 35.7 Å². The molecule has 0 fully saturated rings. The fourth-order valence-electron chi connectivity index (χ4n) is 3.21. The number of carbonyl (C=O) groups is 2. The molecule has 2 amide bonds. The summed E-state index contributed by atoms with van der Waals surface area (Å²) in [7, 11) is 0. The Morgan fingerprint density at radius 3 is 2.00 bits per heavy atom. The van der Waals surface area contributed by atoms with Crippen LogP contribution < -0.4 is 10.6 Å². The molecule has 0 radical (unpaired) electrons. The van der Waals surface area contributed by atoms with Gasteiger partial charge in [-0.25, -0.2) is 0 Å². The molecule has 0 aliphatic carbocycles. The Kier molecular flexibility index (Phi) is 7.42. The van der Waals surface area contributed by atoms with E-state index in [1.165, 1.54) is 11.1 Å². The number of benzene rings is 3. The van der Waals surface area contributed by atoms with E-state index in [9.17, 15) is 9.59 Å². The molecule has 0 aromatic heterocycles. The quantitative estimate of drug-likeness (QED) is 0.582. The third kappa shape index (κ3) is 6.19. The molecule has 0 aliphatic rings. The van der Waals surface area contributed by atoms with Crippen LogP contribution in [0.5, 0.6) is 0 Å². The van der Waals surface area contributed by atoms with Crippen molar-refractivity contribution in [1.82, 2.24) is 10.6 Å². The van der Waals surface area contributed by atoms with Crippen molar-refractivity contribution in [2.45, 2.75) is 12.3 Å². The van der Waals surface area contributed by atoms with Crippen LogP contribution >= 0.6 is 11.6 Å². The number of hydrogen-bond acceptors (Lipinski definition) is 2. The molecule has 0 atom stereocenters. The zero-order valence-electron chi connectivity index (χ0n) is 16.0. The van der Waals surface area contributed by atoms with Crippen molar-refractivity contribution in [1.29, 1.82) is 0 Å². The molecule has 0 saturated heterocycles. The Labute approximate surface area is 175 Å². The molecule has 3 rings (SSSR count). The second-order valence-electron chi connectivity index (χ2n) is 6.71. The van der Waals surface area contributed by atoms with Crippen molar-refractivity contribution < 1.29 is 9.59 Å². The van der Waals surface area contributed by atoms with Gasteiger partial charge in [0.05, 0.1) is 6.54 Å². The molecule has 0 unspecified atom stereocenters. The lowest BCUT2D eigenvalue weighted by Gasteiger charge is -2.18. The summed E-state index contributed by atoms with van der Waals surface area (Å²) in [6.45, 7) is 0.438. The van der Waals surface area contributed by atoms with Crippen molar-refractivity contribution in [3.8, 4) is 0 Å². The van der Waals surface area contributed by atoms with Crippen LogP contribution in [0.1, 0.15) is 33.8 Å². The Bertz CT molecular complexity index is 906. The van der Waals surface area contributed by atoms with Crippen LogP contribution in [-0.4, -0.2) is 24.9 Å². The fourth-order valence-corrected chi connectivity index (χ4v) is 3.40. The standard InChI is InChI=1S/C24H23ClN2O2/c25-21-13-7-12-20(16-21)24(29)27-17-23(28)26-15-14-22(18-8-3-1-4-9-18)19-10-5-2-6-11-19/h1-13,16,22H,14-15,17H2,(H,26,28)(H,27,29). The largest absolute Gasteiger partial charge is 0.355 e. The predicted molar refractivity (Wildman–Crippen MR) is 116 cm³/mol. The lowest BCUT2D eigenvalue weighted by Crippen LogP contribution is -2.37. The van der Waals surface area contributed by atoms with Gasteiger partial charge in [-0.3, -0.25) is 9.59 Å². The fraction of sp³-hybridized carbons (Fsp3) is 0.167. The van der Waals surface area contributed by atoms with E-state index in [-0.39, 0.29) is 24.3 Å². The summed E-state index contributed by atoms with van der Waals surface area (Å²) in [5.74, 6) is -0.354. The average Bonchev–Trinajstić information content (AvgIpc) is 2.76. The maximum Gasteiger partial charge on any atom is 0.251 e. The summed E-state index contributed by atoms with van der Waals surface area (Å²) in [6, 6.07) is 27.1. The van der Waals surface area contributed by atoms with E-state index in [0.29, 0.717) is 17.1 Å². The maximum atomic E-state index is 12.1. The molecule has 0 bridgehead atoms. The average molecular weight is 407 g/mol. The molecule has 5 heteroatoms. The van der Waals surface area contributed by atoms with E-state index in [0.717, 1.165) is 6.42 Å². The van der Waals surface area contributed by atoms with Gasteiger partial charge < -0.3 is 10.6 Å². The van der Waals surface area contributed by atoms with Crippen LogP contribution in [0.15, 0.2) is 84.9 Å². The molecule has 148 valence electrons. The number of hydrogen-bond donors (Lipinski definition) is 2. The van der Waals surface area contributed by atoms with Crippen LogP contribution in [-0.2, 0) is 4.79 Å². The molecule has 3 aromatic carbocycles. The smallest absolute Gasteiger partial charge is 0.251 e. The molecular weight excluding hydrogens is 384 g/mol. The monoisotopic (exact) mass is 406 g/mol. The molecule has 0 heterocycles. The minimum atomic E-state index is -0.325. The van der Waals surface area contributed by atoms with Gasteiger partial charge >= 0.3 is 0 Å². The first-order chi connectivity index (χ1) is 14.1. The van der Waals surface area contributed by atoms with Crippen molar-refractivity contribution >= 4 is 23.4 Å². The van der Waals surface area contributed by atoms with Crippen LogP contribution in [0.25, 0.3) is 0 Å². The zero-order chi connectivity index (χ0) is 20.5. The van der Waals surface area contributed by atoms with Crippen LogP contribution in [0.4, 0.5) is 0 Å². The number of amides is 2. The second kappa shape index (κ2) is 10.4. The van der Waals surface area contributed by atoms with Gasteiger partial charge in [0.15, 0.2) is 0 Å². The molecule has 29 heavy (non-hydrogen) atoms. The Morgan fingerprint density at radius 2 is 1.41 bits per heavy atom. The summed E-state index contributed by atoms with van der Waals surface area (Å²) in [4.78, 5) is 24.3. The lowest BCUT2D eigenvalue weighted by molar-refractivity contribution is -0.120. The summed E-state index contributed by atoms with van der Waals surface area (Å²) in [6.07, 6.45) is 0.766. The minimum Gasteiger partial charge on any atom is -0.355 e. The highest BCUT2D eigenvalue weighted by Gasteiger charge is 2.14. The number of rotatable bonds is 8. The van der Waals surface area contributed by atoms with E-state index in [2.05, 4.69) is 34.9 Å². The van der Waals surface area contributed by atoms with Crippen molar-refractivity contribution in [3.05, 3.63) is 107 Å². The van der Waals surface area contributed by atoms with Crippen LogP contribution in [0.2, 0.25) is 5.02 Å². The molecular formula is C24H23ClN2O2. The minimum absolute atomic E-state index is 0.0767. The first-order valence-corrected chi connectivity index (χ1v) is 9.91. The summed E-state index contributed by atoms with van der Waals surface area (Å²) in [5, 5.41) is 5.99. The number of halogens is 1. The van der Waals surface area contributed by atoms with Gasteiger partial charge in [0.1, 0.15) is 0 Å². The maximum absolute atomic E-state index is 12.1. The Balaban J connectivity index is 1.51. The first-order valence-electron chi connectivity index (χ1n) is 9.54. The van der Waals surface area contributed by atoms with Gasteiger partial charge in [-0.2, -0.15) is 0 Å². The van der Waals surface area contributed by atoms with E-state index in [1.807, 2.05) is 36.4 Å². The van der Waals surface area contributed by atoms with Crippen LogP contribution in [0.3, 0.4) is 0 Å². The molecule has 3 aromatic rings. The highest BCUT2D eigenvalue weighted by atomic mass is 35.5. The van der Waals surface area contributed by atoms with Gasteiger partial charge in [0.2, 0.25) is 5.91 Å². The zero-order valence-corrected chi connectivity index (χ0v) is 16.7. The SMILES string of the molecule is O=C(CNC(=O)c1cccc(Cl)c1)NCCC(c1ccccc1)c1ccccc1. The van der Waals surface area contributed by atoms with Gasteiger partial charge in [0, 0.05) is 23.0 Å². The first kappa shape index (κ1) is 20.6. The third-order valence-corrected chi connectivity index (χ3v) is 4.89. The van der Waals surface area contributed by atoms with E-state index in [1.54, 1.807) is 24.3 Å². The topological polar surface area (TPSA) is 58.2 Å². The predicted octanol–water partition coefficient (Wildman–Crippen LogP) is 4.41. The Hall–Kier alpha value is -3.11. The van der Waals surface area contributed by atoms with E-state index >= 15 is 0 Å².